The molecule has 2 aromatic rings. The topological polar surface area (TPSA) is 69.6 Å². The maximum atomic E-state index is 12.5. The second kappa shape index (κ2) is 8.33. The standard InChI is InChI=1S/C22H24N2O3.ClH/c25-20(23-19-9-2-1-3-10-19)17-7-4-6-16(12-17)13-24-14-18-8-5-11-22(18,15-24)21(26)27;/h1-4,6-7,9-10,12,18H,5,8,11,13-15H2,(H,23,25)(H,26,27);1H/t18-,22+;/m0./s1. The Morgan fingerprint density at radius 2 is 1.93 bits per heavy atom. The molecule has 0 radical (unpaired) electrons. The molecule has 6 heteroatoms. The molecule has 0 bridgehead atoms. The Morgan fingerprint density at radius 3 is 2.64 bits per heavy atom. The largest absolute Gasteiger partial charge is 0.481 e. The lowest BCUT2D eigenvalue weighted by molar-refractivity contribution is -0.149. The van der Waals surface area contributed by atoms with Gasteiger partial charge in [-0.15, -0.1) is 12.4 Å². The van der Waals surface area contributed by atoms with Crippen LogP contribution in [0.2, 0.25) is 0 Å². The van der Waals surface area contributed by atoms with Crippen LogP contribution in [0.15, 0.2) is 54.6 Å². The van der Waals surface area contributed by atoms with Crippen molar-refractivity contribution in [2.45, 2.75) is 25.8 Å². The van der Waals surface area contributed by atoms with Gasteiger partial charge in [-0.25, -0.2) is 0 Å². The number of hydrogen-bond acceptors (Lipinski definition) is 3. The number of likely N-dealkylation sites (tertiary alicyclic amines) is 1. The summed E-state index contributed by atoms with van der Waals surface area (Å²) < 4.78 is 0. The average molecular weight is 401 g/mol. The zero-order valence-corrected chi connectivity index (χ0v) is 16.5. The number of hydrogen-bond donors (Lipinski definition) is 2. The predicted molar refractivity (Wildman–Crippen MR) is 111 cm³/mol. The van der Waals surface area contributed by atoms with Crippen LogP contribution in [0.25, 0.3) is 0 Å². The monoisotopic (exact) mass is 400 g/mol. The van der Waals surface area contributed by atoms with E-state index < -0.39 is 11.4 Å². The van der Waals surface area contributed by atoms with Gasteiger partial charge in [-0.3, -0.25) is 14.5 Å². The Bertz CT molecular complexity index is 858. The van der Waals surface area contributed by atoms with E-state index >= 15 is 0 Å². The quantitative estimate of drug-likeness (QED) is 0.794. The number of para-hydroxylation sites is 1. The Kier molecular flexibility index (Phi) is 6.06. The lowest BCUT2D eigenvalue weighted by atomic mass is 9.81. The first-order valence-corrected chi connectivity index (χ1v) is 9.48. The molecule has 148 valence electrons. The first-order chi connectivity index (χ1) is 13.1. The van der Waals surface area contributed by atoms with Crippen LogP contribution >= 0.6 is 12.4 Å². The summed E-state index contributed by atoms with van der Waals surface area (Å²) in [5.74, 6) is -0.536. The van der Waals surface area contributed by atoms with Crippen molar-refractivity contribution in [3.05, 3.63) is 65.7 Å². The molecule has 2 aromatic carbocycles. The van der Waals surface area contributed by atoms with E-state index in [9.17, 15) is 14.7 Å². The van der Waals surface area contributed by atoms with Gasteiger partial charge in [-0.2, -0.15) is 0 Å². The van der Waals surface area contributed by atoms with Crippen molar-refractivity contribution >= 4 is 30.0 Å². The normalized spacial score (nSPS) is 23.6. The van der Waals surface area contributed by atoms with Crippen molar-refractivity contribution in [2.24, 2.45) is 11.3 Å². The molecule has 1 aliphatic carbocycles. The van der Waals surface area contributed by atoms with Gasteiger partial charge >= 0.3 is 5.97 Å². The SMILES string of the molecule is Cl.O=C(Nc1ccccc1)c1cccc(CN2C[C@@H]3CCC[C@@]3(C(=O)O)C2)c1. The van der Waals surface area contributed by atoms with Gasteiger partial charge in [0.1, 0.15) is 0 Å². The highest BCUT2D eigenvalue weighted by Gasteiger charge is 2.54. The molecule has 2 fully saturated rings. The molecule has 0 unspecified atom stereocenters. The highest BCUT2D eigenvalue weighted by Crippen LogP contribution is 2.49. The summed E-state index contributed by atoms with van der Waals surface area (Å²) >= 11 is 0. The molecular weight excluding hydrogens is 376 g/mol. The van der Waals surface area contributed by atoms with E-state index in [4.69, 9.17) is 0 Å². The van der Waals surface area contributed by atoms with E-state index in [1.807, 2.05) is 48.5 Å². The second-order valence-corrected chi connectivity index (χ2v) is 7.74. The zero-order chi connectivity index (χ0) is 18.9. The lowest BCUT2D eigenvalue weighted by Crippen LogP contribution is -2.35. The number of benzene rings is 2. The number of carbonyl (C=O) groups excluding carboxylic acids is 1. The Labute approximate surface area is 171 Å². The van der Waals surface area contributed by atoms with Gasteiger partial charge in [0.05, 0.1) is 5.41 Å². The van der Waals surface area contributed by atoms with Crippen LogP contribution < -0.4 is 5.32 Å². The summed E-state index contributed by atoms with van der Waals surface area (Å²) in [6.45, 7) is 2.11. The molecule has 28 heavy (non-hydrogen) atoms. The van der Waals surface area contributed by atoms with Crippen molar-refractivity contribution < 1.29 is 14.7 Å². The fraction of sp³-hybridized carbons (Fsp3) is 0.364. The minimum absolute atomic E-state index is 0. The van der Waals surface area contributed by atoms with Crippen LogP contribution in [-0.4, -0.2) is 35.0 Å². The van der Waals surface area contributed by atoms with Gasteiger partial charge in [-0.1, -0.05) is 36.8 Å². The molecule has 1 amide bonds. The number of anilines is 1. The number of carboxylic acids is 1. The third kappa shape index (κ3) is 3.91. The summed E-state index contributed by atoms with van der Waals surface area (Å²) in [6, 6.07) is 17.0. The summed E-state index contributed by atoms with van der Waals surface area (Å²) in [4.78, 5) is 26.6. The van der Waals surface area contributed by atoms with Crippen molar-refractivity contribution in [3.63, 3.8) is 0 Å². The van der Waals surface area contributed by atoms with Crippen LogP contribution in [0.1, 0.15) is 35.2 Å². The molecule has 1 saturated carbocycles. The minimum atomic E-state index is -0.650. The number of nitrogens with one attached hydrogen (secondary N) is 1. The van der Waals surface area contributed by atoms with E-state index in [1.54, 1.807) is 6.07 Å². The number of fused-ring (bicyclic) bond motifs is 1. The number of amides is 1. The molecule has 1 aliphatic heterocycles. The van der Waals surface area contributed by atoms with Crippen molar-refractivity contribution in [2.75, 3.05) is 18.4 Å². The third-order valence-electron chi connectivity index (χ3n) is 5.99. The van der Waals surface area contributed by atoms with Crippen LogP contribution in [-0.2, 0) is 11.3 Å². The third-order valence-corrected chi connectivity index (χ3v) is 5.99. The van der Waals surface area contributed by atoms with Crippen LogP contribution in [0, 0.1) is 11.3 Å². The van der Waals surface area contributed by atoms with Gasteiger partial charge in [0.2, 0.25) is 0 Å². The molecule has 2 atom stereocenters. The summed E-state index contributed by atoms with van der Waals surface area (Å²) in [6.07, 6.45) is 2.80. The van der Waals surface area contributed by atoms with Crippen LogP contribution in [0.4, 0.5) is 5.69 Å². The van der Waals surface area contributed by atoms with E-state index in [1.165, 1.54) is 0 Å². The van der Waals surface area contributed by atoms with E-state index in [0.717, 1.165) is 37.1 Å². The number of halogens is 1. The minimum Gasteiger partial charge on any atom is -0.481 e. The maximum absolute atomic E-state index is 12.5. The molecule has 2 aliphatic rings. The van der Waals surface area contributed by atoms with Crippen molar-refractivity contribution in [1.82, 2.24) is 4.90 Å². The summed E-state index contributed by atoms with van der Waals surface area (Å²) in [5, 5.41) is 12.6. The Balaban J connectivity index is 0.00000225. The zero-order valence-electron chi connectivity index (χ0n) is 15.6. The number of rotatable bonds is 5. The molecule has 1 saturated heterocycles. The van der Waals surface area contributed by atoms with Gasteiger partial charge in [-0.05, 0) is 48.6 Å². The molecule has 5 nitrogen and oxygen atoms in total. The average Bonchev–Trinajstić information content (AvgIpc) is 3.21. The number of nitrogens with zero attached hydrogens (tertiary/aromatic N) is 1. The number of carbonyl (C=O) groups is 2. The van der Waals surface area contributed by atoms with E-state index in [0.29, 0.717) is 18.7 Å². The summed E-state index contributed by atoms with van der Waals surface area (Å²) in [5.41, 5.74) is 1.85. The van der Waals surface area contributed by atoms with Gasteiger partial charge in [0.15, 0.2) is 0 Å². The number of carboxylic acid groups (broad SMARTS) is 1. The molecule has 2 N–H and O–H groups in total. The van der Waals surface area contributed by atoms with E-state index in [-0.39, 0.29) is 24.2 Å². The van der Waals surface area contributed by atoms with Gasteiger partial charge < -0.3 is 10.4 Å². The summed E-state index contributed by atoms with van der Waals surface area (Å²) in [7, 11) is 0. The fourth-order valence-corrected chi connectivity index (χ4v) is 4.66. The Morgan fingerprint density at radius 1 is 1.14 bits per heavy atom. The fourth-order valence-electron chi connectivity index (χ4n) is 4.66. The van der Waals surface area contributed by atoms with Crippen molar-refractivity contribution in [1.29, 1.82) is 0 Å². The lowest BCUT2D eigenvalue weighted by Gasteiger charge is -2.23. The first kappa shape index (κ1) is 20.4. The molecular formula is C22H25ClN2O3. The second-order valence-electron chi connectivity index (χ2n) is 7.74. The maximum Gasteiger partial charge on any atom is 0.311 e. The molecule has 0 aromatic heterocycles. The Hall–Kier alpha value is -2.37. The smallest absolute Gasteiger partial charge is 0.311 e. The highest BCUT2D eigenvalue weighted by molar-refractivity contribution is 6.04. The first-order valence-electron chi connectivity index (χ1n) is 9.48. The van der Waals surface area contributed by atoms with Crippen LogP contribution in [0.3, 0.4) is 0 Å². The highest BCUT2D eigenvalue weighted by atomic mass is 35.5. The number of aliphatic carboxylic acids is 1. The van der Waals surface area contributed by atoms with E-state index in [2.05, 4.69) is 10.2 Å². The predicted octanol–water partition coefficient (Wildman–Crippen LogP) is 4.05. The molecule has 0 spiro atoms. The van der Waals surface area contributed by atoms with Crippen LogP contribution in [0.5, 0.6) is 0 Å². The molecule has 1 heterocycles. The van der Waals surface area contributed by atoms with Crippen molar-refractivity contribution in [3.8, 4) is 0 Å². The van der Waals surface area contributed by atoms with Gasteiger partial charge in [0, 0.05) is 30.9 Å². The van der Waals surface area contributed by atoms with Gasteiger partial charge in [0.25, 0.3) is 5.91 Å². The molecule has 4 rings (SSSR count).